The molecule has 0 radical (unpaired) electrons. The van der Waals surface area contributed by atoms with Crippen molar-refractivity contribution in [1.82, 2.24) is 20.0 Å². The lowest BCUT2D eigenvalue weighted by Crippen LogP contribution is -2.04. The smallest absolute Gasteiger partial charge is 0.358 e. The third-order valence-corrected chi connectivity index (χ3v) is 2.32. The molecule has 6 nitrogen and oxygen atoms in total. The van der Waals surface area contributed by atoms with Gasteiger partial charge in [0.15, 0.2) is 11.5 Å². The number of carboxylic acid groups (broad SMARTS) is 1. The number of halogens is 1. The molecular formula is C9H7ClN4O2. The molecule has 0 fully saturated rings. The number of aromatic nitrogens is 4. The van der Waals surface area contributed by atoms with Crippen LogP contribution >= 0.6 is 11.6 Å². The Labute approximate surface area is 95.5 Å². The molecule has 2 aromatic heterocycles. The second kappa shape index (κ2) is 3.90. The molecule has 0 unspecified atom stereocenters. The molecule has 2 rings (SSSR count). The van der Waals surface area contributed by atoms with Crippen molar-refractivity contribution in [2.75, 3.05) is 0 Å². The molecule has 2 aromatic rings. The van der Waals surface area contributed by atoms with Gasteiger partial charge < -0.3 is 5.11 Å². The highest BCUT2D eigenvalue weighted by Gasteiger charge is 2.10. The van der Waals surface area contributed by atoms with E-state index in [1.165, 1.54) is 0 Å². The molecule has 1 N–H and O–H groups in total. The summed E-state index contributed by atoms with van der Waals surface area (Å²) in [4.78, 5) is 15.9. The quantitative estimate of drug-likeness (QED) is 0.853. The molecule has 0 saturated carbocycles. The lowest BCUT2D eigenvalue weighted by molar-refractivity contribution is 0.0690. The minimum Gasteiger partial charge on any atom is -0.476 e. The van der Waals surface area contributed by atoms with Crippen molar-refractivity contribution in [1.29, 1.82) is 0 Å². The monoisotopic (exact) mass is 238 g/mol. The zero-order valence-electron chi connectivity index (χ0n) is 8.25. The molecule has 0 bridgehead atoms. The first-order valence-corrected chi connectivity index (χ1v) is 4.75. The van der Waals surface area contributed by atoms with E-state index in [1.807, 2.05) is 0 Å². The van der Waals surface area contributed by atoms with Crippen molar-refractivity contribution in [2.45, 2.75) is 6.92 Å². The van der Waals surface area contributed by atoms with Crippen LogP contribution < -0.4 is 0 Å². The molecule has 7 heteroatoms. The van der Waals surface area contributed by atoms with Gasteiger partial charge in [-0.1, -0.05) is 11.6 Å². The number of nitrogens with zero attached hydrogens (tertiary/aromatic N) is 4. The molecule has 0 aromatic carbocycles. The second-order valence-corrected chi connectivity index (χ2v) is 3.47. The Hall–Kier alpha value is -1.95. The summed E-state index contributed by atoms with van der Waals surface area (Å²) < 4.78 is 0. The average molecular weight is 239 g/mol. The summed E-state index contributed by atoms with van der Waals surface area (Å²) in [5.41, 5.74) is 0.503. The van der Waals surface area contributed by atoms with Crippen LogP contribution in [-0.4, -0.2) is 31.1 Å². The largest absolute Gasteiger partial charge is 0.476 e. The van der Waals surface area contributed by atoms with Gasteiger partial charge in [0.2, 0.25) is 0 Å². The fourth-order valence-corrected chi connectivity index (χ4v) is 1.22. The maximum atomic E-state index is 10.6. The van der Waals surface area contributed by atoms with Gasteiger partial charge in [0.1, 0.15) is 0 Å². The van der Waals surface area contributed by atoms with E-state index < -0.39 is 5.97 Å². The van der Waals surface area contributed by atoms with Gasteiger partial charge in [-0.05, 0) is 19.1 Å². The number of aromatic carboxylic acids is 1. The van der Waals surface area contributed by atoms with Crippen LogP contribution in [0.4, 0.5) is 0 Å². The SMILES string of the molecule is Cc1nc(-n2ncc(C(=O)O)n2)ccc1Cl. The maximum absolute atomic E-state index is 10.6. The predicted molar refractivity (Wildman–Crippen MR) is 55.9 cm³/mol. The molecule has 0 amide bonds. The molecule has 0 spiro atoms. The third kappa shape index (κ3) is 1.87. The van der Waals surface area contributed by atoms with E-state index in [9.17, 15) is 4.79 Å². The van der Waals surface area contributed by atoms with E-state index in [2.05, 4.69) is 15.2 Å². The summed E-state index contributed by atoms with van der Waals surface area (Å²) in [6.45, 7) is 1.74. The highest BCUT2D eigenvalue weighted by molar-refractivity contribution is 6.31. The first-order chi connectivity index (χ1) is 7.58. The van der Waals surface area contributed by atoms with E-state index in [0.717, 1.165) is 11.0 Å². The van der Waals surface area contributed by atoms with Gasteiger partial charge in [-0.25, -0.2) is 9.78 Å². The molecule has 0 atom stereocenters. The predicted octanol–water partition coefficient (Wildman–Crippen LogP) is 1.32. The molecule has 0 saturated heterocycles. The van der Waals surface area contributed by atoms with Crippen LogP contribution in [0.25, 0.3) is 5.82 Å². The van der Waals surface area contributed by atoms with Crippen molar-refractivity contribution in [3.63, 3.8) is 0 Å². The summed E-state index contributed by atoms with van der Waals surface area (Å²) in [7, 11) is 0. The Kier molecular flexibility index (Phi) is 2.57. The second-order valence-electron chi connectivity index (χ2n) is 3.06. The van der Waals surface area contributed by atoms with E-state index in [0.29, 0.717) is 16.5 Å². The first-order valence-electron chi connectivity index (χ1n) is 4.37. The van der Waals surface area contributed by atoms with E-state index >= 15 is 0 Å². The summed E-state index contributed by atoms with van der Waals surface area (Å²) >= 11 is 5.82. The van der Waals surface area contributed by atoms with Crippen molar-refractivity contribution in [3.8, 4) is 5.82 Å². The maximum Gasteiger partial charge on any atom is 0.358 e. The Morgan fingerprint density at radius 1 is 1.50 bits per heavy atom. The Balaban J connectivity index is 2.42. The van der Waals surface area contributed by atoms with Crippen LogP contribution in [0.3, 0.4) is 0 Å². The highest BCUT2D eigenvalue weighted by atomic mass is 35.5. The normalized spacial score (nSPS) is 10.4. The summed E-state index contributed by atoms with van der Waals surface area (Å²) in [5.74, 6) is -0.702. The minimum atomic E-state index is -1.13. The molecule has 0 aliphatic carbocycles. The van der Waals surface area contributed by atoms with Gasteiger partial charge in [-0.15, -0.1) is 9.90 Å². The lowest BCUT2D eigenvalue weighted by atomic mass is 10.4. The fourth-order valence-electron chi connectivity index (χ4n) is 1.11. The molecule has 82 valence electrons. The topological polar surface area (TPSA) is 80.9 Å². The minimum absolute atomic E-state index is 0.130. The van der Waals surface area contributed by atoms with Gasteiger partial charge in [-0.2, -0.15) is 5.10 Å². The van der Waals surface area contributed by atoms with Crippen LogP contribution in [0.5, 0.6) is 0 Å². The Bertz CT molecular complexity index is 552. The van der Waals surface area contributed by atoms with Crippen molar-refractivity contribution >= 4 is 17.6 Å². The van der Waals surface area contributed by atoms with Crippen LogP contribution in [0.1, 0.15) is 16.2 Å². The van der Waals surface area contributed by atoms with Crippen LogP contribution in [0.15, 0.2) is 18.3 Å². The summed E-state index contributed by atoms with van der Waals surface area (Å²) in [6, 6.07) is 3.27. The zero-order chi connectivity index (χ0) is 11.7. The third-order valence-electron chi connectivity index (χ3n) is 1.92. The molecule has 16 heavy (non-hydrogen) atoms. The van der Waals surface area contributed by atoms with E-state index in [-0.39, 0.29) is 5.69 Å². The summed E-state index contributed by atoms with van der Waals surface area (Å²) in [5, 5.41) is 16.8. The van der Waals surface area contributed by atoms with E-state index in [4.69, 9.17) is 16.7 Å². The van der Waals surface area contributed by atoms with Crippen LogP contribution in [-0.2, 0) is 0 Å². The number of pyridine rings is 1. The number of carboxylic acids is 1. The van der Waals surface area contributed by atoms with Gasteiger partial charge in [0.05, 0.1) is 16.9 Å². The molecular weight excluding hydrogens is 232 g/mol. The summed E-state index contributed by atoms with van der Waals surface area (Å²) in [6.07, 6.45) is 1.16. The van der Waals surface area contributed by atoms with Crippen LogP contribution in [0.2, 0.25) is 5.02 Å². The number of carbonyl (C=O) groups is 1. The van der Waals surface area contributed by atoms with Gasteiger partial charge >= 0.3 is 5.97 Å². The molecule has 0 aliphatic heterocycles. The number of rotatable bonds is 2. The van der Waals surface area contributed by atoms with Crippen molar-refractivity contribution < 1.29 is 9.90 Å². The van der Waals surface area contributed by atoms with E-state index in [1.54, 1.807) is 19.1 Å². The number of aryl methyl sites for hydroxylation is 1. The molecule has 0 aliphatic rings. The van der Waals surface area contributed by atoms with Crippen molar-refractivity contribution in [2.24, 2.45) is 0 Å². The van der Waals surface area contributed by atoms with Gasteiger partial charge in [0.25, 0.3) is 0 Å². The lowest BCUT2D eigenvalue weighted by Gasteiger charge is -2.00. The Morgan fingerprint density at radius 3 is 2.81 bits per heavy atom. The number of hydrogen-bond acceptors (Lipinski definition) is 4. The molecule has 2 heterocycles. The van der Waals surface area contributed by atoms with Gasteiger partial charge in [0, 0.05) is 0 Å². The average Bonchev–Trinajstić information content (AvgIpc) is 2.71. The van der Waals surface area contributed by atoms with Gasteiger partial charge in [-0.3, -0.25) is 0 Å². The standard InChI is InChI=1S/C9H7ClN4O2/c1-5-6(10)2-3-8(12-5)14-11-4-7(13-14)9(15)16/h2-4H,1H3,(H,15,16). The van der Waals surface area contributed by atoms with Crippen LogP contribution in [0, 0.1) is 6.92 Å². The fraction of sp³-hybridized carbons (Fsp3) is 0.111. The van der Waals surface area contributed by atoms with Crippen molar-refractivity contribution in [3.05, 3.63) is 34.7 Å². The Morgan fingerprint density at radius 2 is 2.25 bits per heavy atom. The number of hydrogen-bond donors (Lipinski definition) is 1. The first kappa shape index (κ1) is 10.6. The highest BCUT2D eigenvalue weighted by Crippen LogP contribution is 2.14. The zero-order valence-corrected chi connectivity index (χ0v) is 9.01.